The van der Waals surface area contributed by atoms with Crippen LogP contribution in [0.5, 0.6) is 0 Å². The van der Waals surface area contributed by atoms with Crippen molar-refractivity contribution >= 4 is 28.7 Å². The van der Waals surface area contributed by atoms with Gasteiger partial charge in [0, 0.05) is 17.3 Å². The lowest BCUT2D eigenvalue weighted by molar-refractivity contribution is 0.608. The van der Waals surface area contributed by atoms with Crippen LogP contribution in [-0.2, 0) is 0 Å². The molecule has 134 valence electrons. The summed E-state index contributed by atoms with van der Waals surface area (Å²) in [4.78, 5) is 2.46. The Hall–Kier alpha value is -2.78. The summed E-state index contributed by atoms with van der Waals surface area (Å²) < 4.78 is 0. The lowest BCUT2D eigenvalue weighted by Crippen LogP contribution is -2.43. The maximum absolute atomic E-state index is 6.12. The molecule has 2 aliphatic rings. The maximum atomic E-state index is 6.12. The molecule has 0 bridgehead atoms. The van der Waals surface area contributed by atoms with E-state index in [0.717, 1.165) is 28.5 Å². The van der Waals surface area contributed by atoms with Crippen LogP contribution in [-0.4, -0.2) is 18.4 Å². The summed E-state index contributed by atoms with van der Waals surface area (Å²) in [5.41, 5.74) is 5.99. The summed E-state index contributed by atoms with van der Waals surface area (Å²) in [5, 5.41) is 8.03. The molecule has 4 heteroatoms. The molecular weight excluding hydrogens is 354 g/mol. The number of fused-ring (bicyclic) bond motifs is 3. The first-order valence-electron chi connectivity index (χ1n) is 9.32. The second kappa shape index (κ2) is 6.43. The average Bonchev–Trinajstić information content (AvgIpc) is 3.25. The van der Waals surface area contributed by atoms with Crippen molar-refractivity contribution in [3.8, 4) is 0 Å². The Kier molecular flexibility index (Phi) is 3.91. The number of nitrogens with zero attached hydrogens (tertiary/aromatic N) is 3. The zero-order valence-corrected chi connectivity index (χ0v) is 15.8. The largest absolute Gasteiger partial charge is 0.349 e. The molecule has 3 nitrogen and oxygen atoms in total. The van der Waals surface area contributed by atoms with Gasteiger partial charge in [-0.25, -0.2) is 5.01 Å². The number of para-hydroxylation sites is 2. The monoisotopic (exact) mass is 373 g/mol. The first-order valence-corrected chi connectivity index (χ1v) is 9.70. The van der Waals surface area contributed by atoms with E-state index < -0.39 is 0 Å². The van der Waals surface area contributed by atoms with Crippen molar-refractivity contribution in [2.45, 2.75) is 19.0 Å². The number of rotatable bonds is 3. The maximum Gasteiger partial charge on any atom is 0.136 e. The number of hydrogen-bond donors (Lipinski definition) is 0. The third kappa shape index (κ3) is 2.54. The Bertz CT molecular complexity index is 998. The zero-order valence-electron chi connectivity index (χ0n) is 15.1. The number of benzene rings is 3. The first kappa shape index (κ1) is 16.4. The molecule has 5 rings (SSSR count). The van der Waals surface area contributed by atoms with E-state index in [2.05, 4.69) is 77.5 Å². The molecule has 0 N–H and O–H groups in total. The molecule has 0 aromatic heterocycles. The molecule has 0 fully saturated rings. The van der Waals surface area contributed by atoms with Crippen LogP contribution in [0.3, 0.4) is 0 Å². The van der Waals surface area contributed by atoms with Crippen molar-refractivity contribution in [1.29, 1.82) is 0 Å². The molecule has 0 amide bonds. The SMILES string of the molecule is CCN1c2ccccc2[C@@H]2C(c3ccc(Cl)cc3)=NN(c3ccccc3)[C@@H]21. The van der Waals surface area contributed by atoms with Gasteiger partial charge in [0.15, 0.2) is 0 Å². The summed E-state index contributed by atoms with van der Waals surface area (Å²) in [6.45, 7) is 3.15. The van der Waals surface area contributed by atoms with Crippen molar-refractivity contribution in [3.05, 3.63) is 95.0 Å². The molecule has 0 saturated carbocycles. The molecule has 0 spiro atoms. The molecule has 0 unspecified atom stereocenters. The predicted octanol–water partition coefficient (Wildman–Crippen LogP) is 5.51. The van der Waals surface area contributed by atoms with Gasteiger partial charge in [-0.05, 0) is 48.4 Å². The van der Waals surface area contributed by atoms with E-state index in [1.54, 1.807) is 0 Å². The van der Waals surface area contributed by atoms with E-state index in [1.807, 2.05) is 18.2 Å². The van der Waals surface area contributed by atoms with Crippen molar-refractivity contribution < 1.29 is 0 Å². The van der Waals surface area contributed by atoms with Crippen LogP contribution in [0.25, 0.3) is 0 Å². The van der Waals surface area contributed by atoms with Gasteiger partial charge in [0.2, 0.25) is 0 Å². The summed E-state index contributed by atoms with van der Waals surface area (Å²) in [5.74, 6) is 0.211. The van der Waals surface area contributed by atoms with Gasteiger partial charge in [-0.2, -0.15) is 5.10 Å². The minimum Gasteiger partial charge on any atom is -0.349 e. The molecule has 27 heavy (non-hydrogen) atoms. The fraction of sp³-hybridized carbons (Fsp3) is 0.174. The van der Waals surface area contributed by atoms with Crippen LogP contribution < -0.4 is 9.91 Å². The molecular formula is C23H20ClN3. The summed E-state index contributed by atoms with van der Waals surface area (Å²) in [6.07, 6.45) is 0.153. The number of hydrogen-bond acceptors (Lipinski definition) is 3. The Morgan fingerprint density at radius 1 is 0.889 bits per heavy atom. The van der Waals surface area contributed by atoms with Crippen LogP contribution in [0, 0.1) is 0 Å². The minimum absolute atomic E-state index is 0.153. The lowest BCUT2D eigenvalue weighted by atomic mass is 9.90. The van der Waals surface area contributed by atoms with Crippen molar-refractivity contribution in [2.75, 3.05) is 16.5 Å². The van der Waals surface area contributed by atoms with Gasteiger partial charge in [0.1, 0.15) is 6.17 Å². The first-order chi connectivity index (χ1) is 13.3. The number of anilines is 2. The highest BCUT2D eigenvalue weighted by atomic mass is 35.5. The van der Waals surface area contributed by atoms with Gasteiger partial charge < -0.3 is 4.90 Å². The second-order valence-electron chi connectivity index (χ2n) is 6.91. The molecule has 3 aromatic carbocycles. The highest BCUT2D eigenvalue weighted by Crippen LogP contribution is 2.48. The van der Waals surface area contributed by atoms with Crippen LogP contribution in [0.1, 0.15) is 24.0 Å². The van der Waals surface area contributed by atoms with Gasteiger partial charge in [-0.15, -0.1) is 0 Å². The highest BCUT2D eigenvalue weighted by molar-refractivity contribution is 6.30. The normalized spacial score (nSPS) is 20.4. The number of halogens is 1. The summed E-state index contributed by atoms with van der Waals surface area (Å²) in [6, 6.07) is 27.2. The van der Waals surface area contributed by atoms with E-state index >= 15 is 0 Å². The van der Waals surface area contributed by atoms with E-state index in [4.69, 9.17) is 16.7 Å². The van der Waals surface area contributed by atoms with Crippen molar-refractivity contribution in [2.24, 2.45) is 5.10 Å². The van der Waals surface area contributed by atoms with Gasteiger partial charge >= 0.3 is 0 Å². The van der Waals surface area contributed by atoms with Crippen LogP contribution >= 0.6 is 11.6 Å². The third-order valence-corrected chi connectivity index (χ3v) is 5.71. The molecule has 3 aromatic rings. The van der Waals surface area contributed by atoms with E-state index in [0.29, 0.717) is 0 Å². The minimum atomic E-state index is 0.153. The summed E-state index contributed by atoms with van der Waals surface area (Å²) >= 11 is 6.12. The molecule has 2 heterocycles. The van der Waals surface area contributed by atoms with Crippen LogP contribution in [0.15, 0.2) is 84.0 Å². The van der Waals surface area contributed by atoms with Gasteiger partial charge in [-0.1, -0.05) is 60.1 Å². The lowest BCUT2D eigenvalue weighted by Gasteiger charge is -2.32. The van der Waals surface area contributed by atoms with Crippen LogP contribution in [0.2, 0.25) is 5.02 Å². The smallest absolute Gasteiger partial charge is 0.136 e. The fourth-order valence-electron chi connectivity index (χ4n) is 4.30. The molecule has 0 saturated heterocycles. The predicted molar refractivity (Wildman–Crippen MR) is 113 cm³/mol. The highest BCUT2D eigenvalue weighted by Gasteiger charge is 2.48. The van der Waals surface area contributed by atoms with Crippen molar-refractivity contribution in [3.63, 3.8) is 0 Å². The third-order valence-electron chi connectivity index (χ3n) is 5.46. The number of hydrazone groups is 1. The Morgan fingerprint density at radius 2 is 1.59 bits per heavy atom. The van der Waals surface area contributed by atoms with E-state index in [-0.39, 0.29) is 12.1 Å². The van der Waals surface area contributed by atoms with E-state index in [9.17, 15) is 0 Å². The summed E-state index contributed by atoms with van der Waals surface area (Å²) in [7, 11) is 0. The average molecular weight is 374 g/mol. The van der Waals surface area contributed by atoms with Gasteiger partial charge in [0.05, 0.1) is 17.3 Å². The fourth-order valence-corrected chi connectivity index (χ4v) is 4.43. The Morgan fingerprint density at radius 3 is 2.33 bits per heavy atom. The topological polar surface area (TPSA) is 18.8 Å². The molecule has 0 aliphatic carbocycles. The van der Waals surface area contributed by atoms with E-state index in [1.165, 1.54) is 11.3 Å². The molecule has 2 atom stereocenters. The Labute approximate surface area is 164 Å². The number of likely N-dealkylation sites (N-methyl/N-ethyl adjacent to an activating group) is 1. The Balaban J connectivity index is 1.69. The quantitative estimate of drug-likeness (QED) is 0.602. The zero-order chi connectivity index (χ0) is 18.4. The van der Waals surface area contributed by atoms with Gasteiger partial charge in [-0.3, -0.25) is 0 Å². The second-order valence-corrected chi connectivity index (χ2v) is 7.34. The standard InChI is InChI=1S/C23H20ClN3/c1-2-26-20-11-7-6-10-19(20)21-22(16-12-14-17(24)15-13-16)25-27(23(21)26)18-8-4-3-5-9-18/h3-15,21,23H,2H2,1H3/t21-,23+/m1/s1. The molecule has 0 radical (unpaired) electrons. The van der Waals surface area contributed by atoms with Crippen molar-refractivity contribution in [1.82, 2.24) is 0 Å². The van der Waals surface area contributed by atoms with Gasteiger partial charge in [0.25, 0.3) is 0 Å². The van der Waals surface area contributed by atoms with Crippen LogP contribution in [0.4, 0.5) is 11.4 Å². The molecule has 2 aliphatic heterocycles.